The number of hydrogen-bond donors (Lipinski definition) is 6. The van der Waals surface area contributed by atoms with Crippen molar-refractivity contribution >= 4 is 11.9 Å². The number of carbonyl (C=O) groups excluding carboxylic acids is 2. The van der Waals surface area contributed by atoms with Gasteiger partial charge in [0.2, 0.25) is 5.91 Å². The van der Waals surface area contributed by atoms with E-state index in [1.807, 2.05) is 6.08 Å². The van der Waals surface area contributed by atoms with Gasteiger partial charge >= 0.3 is 5.97 Å². The van der Waals surface area contributed by atoms with E-state index in [0.717, 1.165) is 51.4 Å². The molecule has 6 N–H and O–H groups in total. The minimum absolute atomic E-state index is 0.0109. The monoisotopic (exact) mass is 1180 g/mol. The van der Waals surface area contributed by atoms with Crippen LogP contribution >= 0.6 is 0 Å². The summed E-state index contributed by atoms with van der Waals surface area (Å²) >= 11 is 0. The molecular formula is C72H137NO10. The third-order valence-electron chi connectivity index (χ3n) is 17.3. The minimum Gasteiger partial charge on any atom is -0.466 e. The summed E-state index contributed by atoms with van der Waals surface area (Å²) in [5.41, 5.74) is 0. The quantitative estimate of drug-likeness (QED) is 0.0195. The molecule has 1 fully saturated rings. The van der Waals surface area contributed by atoms with Gasteiger partial charge in [0.15, 0.2) is 6.29 Å². The molecule has 0 spiro atoms. The van der Waals surface area contributed by atoms with Gasteiger partial charge in [0.05, 0.1) is 32.0 Å². The maximum Gasteiger partial charge on any atom is 0.305 e. The first-order valence-electron chi connectivity index (χ1n) is 36.1. The summed E-state index contributed by atoms with van der Waals surface area (Å²) < 4.78 is 16.7. The van der Waals surface area contributed by atoms with Crippen molar-refractivity contribution in [3.05, 3.63) is 24.3 Å². The van der Waals surface area contributed by atoms with Crippen molar-refractivity contribution in [3.8, 4) is 0 Å². The lowest BCUT2D eigenvalue weighted by Gasteiger charge is -2.40. The number of nitrogens with one attached hydrogen (secondary N) is 1. The first-order chi connectivity index (χ1) is 40.7. The number of hydrogen-bond acceptors (Lipinski definition) is 10. The molecule has 0 aliphatic carbocycles. The molecule has 11 nitrogen and oxygen atoms in total. The molecule has 83 heavy (non-hydrogen) atoms. The van der Waals surface area contributed by atoms with Gasteiger partial charge in [-0.15, -0.1) is 0 Å². The zero-order valence-electron chi connectivity index (χ0n) is 54.4. The summed E-state index contributed by atoms with van der Waals surface area (Å²) in [5, 5.41) is 54.3. The summed E-state index contributed by atoms with van der Waals surface area (Å²) in [6.45, 7) is 4.35. The summed E-state index contributed by atoms with van der Waals surface area (Å²) in [6.07, 6.45) is 67.6. The summed E-state index contributed by atoms with van der Waals surface area (Å²) in [7, 11) is 0. The number of aliphatic hydroxyl groups excluding tert-OH is 5. The highest BCUT2D eigenvalue weighted by molar-refractivity contribution is 5.76. The Bertz CT molecular complexity index is 1430. The van der Waals surface area contributed by atoms with Gasteiger partial charge in [-0.05, 0) is 57.8 Å². The first kappa shape index (κ1) is 79.2. The van der Waals surface area contributed by atoms with Crippen LogP contribution in [0, 0.1) is 0 Å². The number of allylic oxidation sites excluding steroid dienone is 3. The van der Waals surface area contributed by atoms with Crippen LogP contribution in [0.15, 0.2) is 24.3 Å². The lowest BCUT2D eigenvalue weighted by atomic mass is 9.99. The zero-order valence-corrected chi connectivity index (χ0v) is 54.4. The van der Waals surface area contributed by atoms with E-state index < -0.39 is 49.5 Å². The number of aliphatic hydroxyl groups is 5. The number of unbranched alkanes of at least 4 members (excludes halogenated alkanes) is 48. The normalized spacial score (nSPS) is 18.2. The Morgan fingerprint density at radius 1 is 0.434 bits per heavy atom. The highest BCUT2D eigenvalue weighted by atomic mass is 16.7. The van der Waals surface area contributed by atoms with Crippen LogP contribution in [0.3, 0.4) is 0 Å². The molecule has 0 radical (unpaired) electrons. The van der Waals surface area contributed by atoms with Crippen molar-refractivity contribution in [2.24, 2.45) is 0 Å². The van der Waals surface area contributed by atoms with Gasteiger partial charge < -0.3 is 45.1 Å². The van der Waals surface area contributed by atoms with E-state index >= 15 is 0 Å². The SMILES string of the molecule is CCCCCCCCC/C=C/C(O)C(COC1OC(CO)C(O)C(O)C1O)NC(=O)CCCCCCCCCCCCC/C=C\CCCCCCCCCCCCCCOC(=O)CCCCCCCCCCCCCCCCCCCCC. The fourth-order valence-electron chi connectivity index (χ4n) is 11.6. The van der Waals surface area contributed by atoms with Crippen molar-refractivity contribution < 1.29 is 49.3 Å². The van der Waals surface area contributed by atoms with Crippen LogP contribution in [0.2, 0.25) is 0 Å². The topological polar surface area (TPSA) is 175 Å². The minimum atomic E-state index is -1.57. The van der Waals surface area contributed by atoms with Crippen LogP contribution < -0.4 is 5.32 Å². The fraction of sp³-hybridized carbons (Fsp3) is 0.917. The van der Waals surface area contributed by atoms with Crippen molar-refractivity contribution in [2.75, 3.05) is 19.8 Å². The lowest BCUT2D eigenvalue weighted by molar-refractivity contribution is -0.302. The van der Waals surface area contributed by atoms with Crippen LogP contribution in [-0.2, 0) is 23.8 Å². The Kier molecular flexibility index (Phi) is 58.9. The molecular weight excluding hydrogens is 1040 g/mol. The third-order valence-corrected chi connectivity index (χ3v) is 17.3. The number of esters is 1. The predicted molar refractivity (Wildman–Crippen MR) is 348 cm³/mol. The van der Waals surface area contributed by atoms with Crippen molar-refractivity contribution in [2.45, 2.75) is 403 Å². The van der Waals surface area contributed by atoms with Crippen LogP contribution in [0.5, 0.6) is 0 Å². The molecule has 0 aromatic rings. The van der Waals surface area contributed by atoms with Gasteiger partial charge in [-0.1, -0.05) is 314 Å². The molecule has 0 saturated carbocycles. The van der Waals surface area contributed by atoms with Crippen LogP contribution in [0.1, 0.15) is 361 Å². The largest absolute Gasteiger partial charge is 0.466 e. The highest BCUT2D eigenvalue weighted by Gasteiger charge is 2.44. The standard InChI is InChI=1S/C72H137NO10/c1-3-5-7-9-11-13-14-15-16-17-27-31-34-37-40-44-48-52-56-60-68(77)81-61-57-53-49-45-41-38-35-32-29-26-24-22-20-18-19-21-23-25-28-30-33-36-39-43-47-51-55-59-67(76)73-64(65(75)58-54-50-46-42-12-10-8-6-4-2)63-82-72-71(80)70(79)69(78)66(62-74)83-72/h18-19,54,58,64-66,69-72,74-75,78-80H,3-17,20-53,55-57,59-63H2,1-2H3,(H,73,76)/b19-18-,58-54+. The van der Waals surface area contributed by atoms with Gasteiger partial charge in [-0.2, -0.15) is 0 Å². The van der Waals surface area contributed by atoms with E-state index in [4.69, 9.17) is 14.2 Å². The molecule has 1 aliphatic rings. The Morgan fingerprint density at radius 2 is 0.771 bits per heavy atom. The Hall–Kier alpha value is -1.86. The number of carbonyl (C=O) groups is 2. The summed E-state index contributed by atoms with van der Waals surface area (Å²) in [5.74, 6) is -0.172. The van der Waals surface area contributed by atoms with Gasteiger partial charge in [0.1, 0.15) is 24.4 Å². The molecule has 490 valence electrons. The van der Waals surface area contributed by atoms with Crippen molar-refractivity contribution in [1.29, 1.82) is 0 Å². The molecule has 1 saturated heterocycles. The van der Waals surface area contributed by atoms with E-state index in [0.29, 0.717) is 19.4 Å². The zero-order chi connectivity index (χ0) is 60.2. The average molecular weight is 1180 g/mol. The number of rotatable bonds is 64. The second-order valence-corrected chi connectivity index (χ2v) is 25.3. The number of amides is 1. The second kappa shape index (κ2) is 61.8. The summed E-state index contributed by atoms with van der Waals surface area (Å²) in [6, 6.07) is -0.809. The Balaban J connectivity index is 1.90. The van der Waals surface area contributed by atoms with Gasteiger partial charge in [-0.25, -0.2) is 0 Å². The molecule has 1 rings (SSSR count). The fourth-order valence-corrected chi connectivity index (χ4v) is 11.6. The summed E-state index contributed by atoms with van der Waals surface area (Å²) in [4.78, 5) is 25.1. The molecule has 1 amide bonds. The Labute approximate surface area is 511 Å². The van der Waals surface area contributed by atoms with E-state index in [1.54, 1.807) is 6.08 Å². The second-order valence-electron chi connectivity index (χ2n) is 25.3. The van der Waals surface area contributed by atoms with E-state index in [1.165, 1.54) is 283 Å². The lowest BCUT2D eigenvalue weighted by Crippen LogP contribution is -2.60. The highest BCUT2D eigenvalue weighted by Crippen LogP contribution is 2.23. The van der Waals surface area contributed by atoms with E-state index in [-0.39, 0.29) is 18.5 Å². The van der Waals surface area contributed by atoms with Crippen molar-refractivity contribution in [1.82, 2.24) is 5.32 Å². The number of ether oxygens (including phenoxy) is 3. The smallest absolute Gasteiger partial charge is 0.305 e. The van der Waals surface area contributed by atoms with Gasteiger partial charge in [-0.3, -0.25) is 9.59 Å². The van der Waals surface area contributed by atoms with Gasteiger partial charge in [0.25, 0.3) is 0 Å². The van der Waals surface area contributed by atoms with E-state index in [9.17, 15) is 35.1 Å². The van der Waals surface area contributed by atoms with Crippen LogP contribution in [0.4, 0.5) is 0 Å². The molecule has 1 heterocycles. The predicted octanol–water partition coefficient (Wildman–Crippen LogP) is 18.4. The Morgan fingerprint density at radius 3 is 1.16 bits per heavy atom. The third kappa shape index (κ3) is 50.8. The molecule has 11 heteroatoms. The van der Waals surface area contributed by atoms with Gasteiger partial charge in [0, 0.05) is 12.8 Å². The van der Waals surface area contributed by atoms with Crippen LogP contribution in [0.25, 0.3) is 0 Å². The maximum absolute atomic E-state index is 13.0. The van der Waals surface area contributed by atoms with Crippen LogP contribution in [-0.4, -0.2) is 100 Å². The molecule has 1 aliphatic heterocycles. The van der Waals surface area contributed by atoms with Crippen molar-refractivity contribution in [3.63, 3.8) is 0 Å². The molecule has 7 unspecified atom stereocenters. The molecule has 0 bridgehead atoms. The molecule has 0 aromatic carbocycles. The maximum atomic E-state index is 13.0. The molecule has 0 aromatic heterocycles. The first-order valence-corrected chi connectivity index (χ1v) is 36.1. The average Bonchev–Trinajstić information content (AvgIpc) is 3.65. The van der Waals surface area contributed by atoms with E-state index in [2.05, 4.69) is 31.3 Å². The molecule has 7 atom stereocenters.